The van der Waals surface area contributed by atoms with E-state index in [-0.39, 0.29) is 6.10 Å². The van der Waals surface area contributed by atoms with Gasteiger partial charge in [-0.25, -0.2) is 0 Å². The van der Waals surface area contributed by atoms with Crippen LogP contribution in [0, 0.1) is 0 Å². The fraction of sp³-hybridized carbons (Fsp3) is 0.909. The molecule has 0 aromatic heterocycles. The molecule has 0 heterocycles. The van der Waals surface area contributed by atoms with Crippen molar-refractivity contribution in [2.24, 2.45) is 0 Å². The number of aliphatic carboxylic acids is 1. The quantitative estimate of drug-likeness (QED) is 0.573. The van der Waals surface area contributed by atoms with Gasteiger partial charge in [-0.05, 0) is 20.3 Å². The Bertz CT molecular complexity index is 137. The second-order valence-electron chi connectivity index (χ2n) is 3.65. The maximum absolute atomic E-state index is 10.0. The summed E-state index contributed by atoms with van der Waals surface area (Å²) in [6, 6.07) is 0. The van der Waals surface area contributed by atoms with Crippen LogP contribution in [0.25, 0.3) is 0 Å². The van der Waals surface area contributed by atoms with Gasteiger partial charge in [0, 0.05) is 12.5 Å². The Balaban J connectivity index is -0.000000237. The fourth-order valence-electron chi connectivity index (χ4n) is 0.880. The van der Waals surface area contributed by atoms with E-state index < -0.39 is 5.97 Å². The average molecular weight is 268 g/mol. The molecule has 5 heteroatoms. The van der Waals surface area contributed by atoms with E-state index in [0.717, 1.165) is 33.2 Å². The van der Waals surface area contributed by atoms with Crippen molar-refractivity contribution in [2.75, 3.05) is 0 Å². The second kappa shape index (κ2) is 20.4. The Morgan fingerprint density at radius 2 is 1.50 bits per heavy atom. The summed E-state index contributed by atoms with van der Waals surface area (Å²) in [7, 11) is 0. The summed E-state index contributed by atoms with van der Waals surface area (Å²) in [4.78, 5) is 10.0. The van der Waals surface area contributed by atoms with Gasteiger partial charge in [0.05, 0.1) is 0 Å². The van der Waals surface area contributed by atoms with Crippen molar-refractivity contribution in [3.63, 3.8) is 0 Å². The van der Waals surface area contributed by atoms with E-state index in [1.807, 2.05) is 0 Å². The summed E-state index contributed by atoms with van der Waals surface area (Å²) in [5, 5.41) is 16.3. The van der Waals surface area contributed by atoms with E-state index in [1.165, 1.54) is 19.3 Å². The summed E-state index contributed by atoms with van der Waals surface area (Å²) in [6.45, 7) is 5.59. The Morgan fingerprint density at radius 3 is 1.81 bits per heavy atom. The molecular weight excluding hydrogens is 244 g/mol. The average Bonchev–Trinajstić information content (AvgIpc) is 2.19. The first kappa shape index (κ1) is 21.3. The van der Waals surface area contributed by atoms with Crippen molar-refractivity contribution < 1.29 is 38.7 Å². The molecule has 0 rings (SSSR count). The van der Waals surface area contributed by atoms with Gasteiger partial charge < -0.3 is 10.2 Å². The van der Waals surface area contributed by atoms with Gasteiger partial charge >= 0.3 is 29.7 Å². The summed E-state index contributed by atoms with van der Waals surface area (Å²) >= 11 is 0.750. The molecule has 4 nitrogen and oxygen atoms in total. The third-order valence-electron chi connectivity index (χ3n) is 1.49. The van der Waals surface area contributed by atoms with Crippen LogP contribution in [0.5, 0.6) is 0 Å². The van der Waals surface area contributed by atoms with Gasteiger partial charge in [-0.1, -0.05) is 32.6 Å². The van der Waals surface area contributed by atoms with Gasteiger partial charge in [-0.2, -0.15) is 0 Å². The molecule has 96 valence electrons. The van der Waals surface area contributed by atoms with Gasteiger partial charge in [0.25, 0.3) is 0 Å². The molecule has 0 saturated heterocycles. The molecule has 0 saturated carbocycles. The summed E-state index contributed by atoms with van der Waals surface area (Å²) in [5.74, 6) is -0.670. The number of carboxylic acid groups (broad SMARTS) is 1. The third kappa shape index (κ3) is 48.5. The molecule has 0 aromatic rings. The van der Waals surface area contributed by atoms with Crippen LogP contribution in [0.15, 0.2) is 0 Å². The van der Waals surface area contributed by atoms with Crippen molar-refractivity contribution in [1.82, 2.24) is 0 Å². The molecule has 0 aromatic carbocycles. The Labute approximate surface area is 110 Å². The van der Waals surface area contributed by atoms with Crippen molar-refractivity contribution in [3.8, 4) is 0 Å². The number of carboxylic acids is 1. The zero-order chi connectivity index (χ0) is 13.4. The number of aliphatic hydroxyl groups excluding tert-OH is 1. The van der Waals surface area contributed by atoms with Crippen LogP contribution in [-0.4, -0.2) is 22.3 Å². The van der Waals surface area contributed by atoms with E-state index in [0.29, 0.717) is 6.42 Å². The van der Waals surface area contributed by atoms with E-state index in [9.17, 15) is 4.79 Å². The molecule has 0 unspecified atom stereocenters. The van der Waals surface area contributed by atoms with E-state index >= 15 is 0 Å². The number of carbonyl (C=O) groups is 1. The van der Waals surface area contributed by atoms with Crippen molar-refractivity contribution >= 4 is 5.97 Å². The number of unbranched alkanes of at least 4 members (excludes halogenated alkanes) is 4. The number of rotatable bonds is 6. The molecule has 0 aliphatic heterocycles. The van der Waals surface area contributed by atoms with Crippen LogP contribution in [0.1, 0.15) is 59.3 Å². The van der Waals surface area contributed by atoms with Gasteiger partial charge in [-0.3, -0.25) is 4.79 Å². The molecule has 0 aliphatic carbocycles. The van der Waals surface area contributed by atoms with Crippen molar-refractivity contribution in [1.29, 1.82) is 0 Å². The predicted octanol–water partition coefficient (Wildman–Crippen LogP) is 2.70. The molecular formula is C11H24O4Ti. The minimum absolute atomic E-state index is 0.167. The molecule has 16 heavy (non-hydrogen) atoms. The first-order valence-electron chi connectivity index (χ1n) is 5.61. The number of aliphatic hydroxyl groups is 1. The van der Waals surface area contributed by atoms with Gasteiger partial charge in [0.1, 0.15) is 0 Å². The van der Waals surface area contributed by atoms with Gasteiger partial charge in [0.2, 0.25) is 0 Å². The van der Waals surface area contributed by atoms with Crippen LogP contribution in [0.4, 0.5) is 0 Å². The van der Waals surface area contributed by atoms with Gasteiger partial charge in [-0.15, -0.1) is 0 Å². The Morgan fingerprint density at radius 1 is 1.12 bits per heavy atom. The SMILES string of the molecule is CC(C)O.CCCCCCCC(=O)O.[O]=[Ti]. The molecule has 0 fully saturated rings. The molecule has 0 bridgehead atoms. The maximum atomic E-state index is 10.0. The van der Waals surface area contributed by atoms with Crippen LogP contribution in [0.2, 0.25) is 0 Å². The predicted molar refractivity (Wildman–Crippen MR) is 59.1 cm³/mol. The molecule has 0 amide bonds. The van der Waals surface area contributed by atoms with Crippen LogP contribution >= 0.6 is 0 Å². The fourth-order valence-corrected chi connectivity index (χ4v) is 0.880. The Kier molecular flexibility index (Phi) is 27.1. The van der Waals surface area contributed by atoms with Crippen LogP contribution < -0.4 is 0 Å². The van der Waals surface area contributed by atoms with E-state index in [1.54, 1.807) is 13.8 Å². The molecule has 2 N–H and O–H groups in total. The van der Waals surface area contributed by atoms with Crippen molar-refractivity contribution in [3.05, 3.63) is 0 Å². The second-order valence-corrected chi connectivity index (χ2v) is 3.65. The first-order valence-corrected chi connectivity index (χ1v) is 6.24. The minimum atomic E-state index is -0.670. The molecule has 0 radical (unpaired) electrons. The third-order valence-corrected chi connectivity index (χ3v) is 1.49. The molecule has 0 aliphatic rings. The summed E-state index contributed by atoms with van der Waals surface area (Å²) < 4.78 is 8.25. The zero-order valence-corrected chi connectivity index (χ0v) is 12.1. The van der Waals surface area contributed by atoms with E-state index in [2.05, 4.69) is 6.92 Å². The topological polar surface area (TPSA) is 74.6 Å². The molecule has 0 atom stereocenters. The zero-order valence-electron chi connectivity index (χ0n) is 10.5. The first-order chi connectivity index (χ1) is 7.50. The van der Waals surface area contributed by atoms with Crippen LogP contribution in [-0.2, 0) is 28.5 Å². The monoisotopic (exact) mass is 268 g/mol. The summed E-state index contributed by atoms with van der Waals surface area (Å²) in [5.41, 5.74) is 0. The molecule has 0 spiro atoms. The summed E-state index contributed by atoms with van der Waals surface area (Å²) in [6.07, 6.45) is 5.72. The number of hydrogen-bond acceptors (Lipinski definition) is 3. The van der Waals surface area contributed by atoms with Crippen LogP contribution in [0.3, 0.4) is 0 Å². The van der Waals surface area contributed by atoms with Gasteiger partial charge in [0.15, 0.2) is 0 Å². The standard InChI is InChI=1S/C8H16O2.C3H8O.O.Ti/c1-2-3-4-5-6-7-8(9)10;1-3(2)4;;/h2-7H2,1H3,(H,9,10);3-4H,1-2H3;;. The normalized spacial score (nSPS) is 8.50. The Hall–Kier alpha value is -0.0557. The number of hydrogen-bond donors (Lipinski definition) is 2. The van der Waals surface area contributed by atoms with E-state index in [4.69, 9.17) is 13.5 Å². The van der Waals surface area contributed by atoms with Crippen molar-refractivity contribution in [2.45, 2.75) is 65.4 Å².